The molecule has 122 valence electrons. The van der Waals surface area contributed by atoms with Gasteiger partial charge in [-0.15, -0.1) is 0 Å². The Morgan fingerprint density at radius 2 is 1.96 bits per heavy atom. The van der Waals surface area contributed by atoms with E-state index in [4.69, 9.17) is 0 Å². The number of hydrogen-bond donors (Lipinski definition) is 1. The molecule has 1 amide bonds. The van der Waals surface area contributed by atoms with E-state index in [9.17, 15) is 22.8 Å². The highest BCUT2D eigenvalue weighted by Crippen LogP contribution is 2.30. The third kappa shape index (κ3) is 3.97. The van der Waals surface area contributed by atoms with Crippen LogP contribution in [0.4, 0.5) is 13.2 Å². The maximum Gasteiger partial charge on any atom is 0.416 e. The molecule has 2 aromatic rings. The van der Waals surface area contributed by atoms with Gasteiger partial charge in [0, 0.05) is 13.1 Å². The molecule has 0 aliphatic heterocycles. The van der Waals surface area contributed by atoms with Gasteiger partial charge in [0.05, 0.1) is 11.6 Å². The maximum absolute atomic E-state index is 12.7. The van der Waals surface area contributed by atoms with Crippen LogP contribution in [0.3, 0.4) is 0 Å². The molecular weight excluding hydrogens is 311 g/mol. The van der Waals surface area contributed by atoms with Crippen molar-refractivity contribution in [3.63, 3.8) is 0 Å². The summed E-state index contributed by atoms with van der Waals surface area (Å²) in [7, 11) is 1.40. The molecule has 0 aliphatic carbocycles. The second-order valence-electron chi connectivity index (χ2n) is 5.00. The summed E-state index contributed by atoms with van der Waals surface area (Å²) in [6.45, 7) is 1.56. The van der Waals surface area contributed by atoms with Crippen LogP contribution in [0.5, 0.6) is 0 Å². The molecule has 5 nitrogen and oxygen atoms in total. The van der Waals surface area contributed by atoms with E-state index in [2.05, 4.69) is 10.4 Å². The number of nitrogens with zero attached hydrogens (tertiary/aromatic N) is 2. The maximum atomic E-state index is 12.7. The third-order valence-corrected chi connectivity index (χ3v) is 3.25. The molecule has 1 atom stereocenters. The molecule has 0 saturated heterocycles. The molecule has 2 rings (SSSR count). The Morgan fingerprint density at radius 1 is 1.26 bits per heavy atom. The molecule has 0 aliphatic rings. The summed E-state index contributed by atoms with van der Waals surface area (Å²) < 4.78 is 39.1. The van der Waals surface area contributed by atoms with Crippen LogP contribution in [0.1, 0.15) is 34.6 Å². The lowest BCUT2D eigenvalue weighted by molar-refractivity contribution is -0.137. The lowest BCUT2D eigenvalue weighted by Gasteiger charge is -2.16. The van der Waals surface area contributed by atoms with Crippen LogP contribution in [-0.2, 0) is 13.2 Å². The lowest BCUT2D eigenvalue weighted by Crippen LogP contribution is -2.30. The molecule has 0 unspecified atom stereocenters. The van der Waals surface area contributed by atoms with Crippen molar-refractivity contribution in [1.29, 1.82) is 0 Å². The quantitative estimate of drug-likeness (QED) is 0.942. The summed E-state index contributed by atoms with van der Waals surface area (Å²) in [4.78, 5) is 23.3. The third-order valence-electron chi connectivity index (χ3n) is 3.25. The van der Waals surface area contributed by atoms with Crippen LogP contribution < -0.4 is 10.9 Å². The molecule has 0 radical (unpaired) electrons. The number of hydrogen-bond acceptors (Lipinski definition) is 3. The van der Waals surface area contributed by atoms with Crippen molar-refractivity contribution < 1.29 is 18.0 Å². The second kappa shape index (κ2) is 6.23. The van der Waals surface area contributed by atoms with E-state index in [-0.39, 0.29) is 11.3 Å². The van der Waals surface area contributed by atoms with E-state index in [1.165, 1.54) is 31.3 Å². The van der Waals surface area contributed by atoms with E-state index >= 15 is 0 Å². The molecule has 0 fully saturated rings. The van der Waals surface area contributed by atoms with Crippen LogP contribution in [0.25, 0.3) is 0 Å². The van der Waals surface area contributed by atoms with E-state index < -0.39 is 23.7 Å². The van der Waals surface area contributed by atoms with Crippen LogP contribution in [0.15, 0.2) is 41.2 Å². The largest absolute Gasteiger partial charge is 0.416 e. The molecule has 1 N–H and O–H groups in total. The van der Waals surface area contributed by atoms with Gasteiger partial charge in [-0.3, -0.25) is 9.59 Å². The van der Waals surface area contributed by atoms with Crippen LogP contribution in [0, 0.1) is 0 Å². The highest BCUT2D eigenvalue weighted by molar-refractivity contribution is 5.92. The van der Waals surface area contributed by atoms with E-state index in [1.807, 2.05) is 0 Å². The fourth-order valence-corrected chi connectivity index (χ4v) is 1.96. The normalized spacial score (nSPS) is 12.7. The van der Waals surface area contributed by atoms with Crippen molar-refractivity contribution in [3.05, 3.63) is 63.6 Å². The molecule has 0 spiro atoms. The number of aromatic nitrogens is 2. The first-order chi connectivity index (χ1) is 10.7. The van der Waals surface area contributed by atoms with Gasteiger partial charge < -0.3 is 5.32 Å². The van der Waals surface area contributed by atoms with Crippen LogP contribution in [0.2, 0.25) is 0 Å². The van der Waals surface area contributed by atoms with Crippen LogP contribution in [-0.4, -0.2) is 15.7 Å². The zero-order valence-corrected chi connectivity index (χ0v) is 12.4. The van der Waals surface area contributed by atoms with E-state index in [0.29, 0.717) is 5.56 Å². The summed E-state index contributed by atoms with van der Waals surface area (Å²) in [6, 6.07) is 6.53. The first-order valence-electron chi connectivity index (χ1n) is 6.71. The van der Waals surface area contributed by atoms with Gasteiger partial charge in [0.1, 0.15) is 5.69 Å². The Balaban J connectivity index is 2.18. The van der Waals surface area contributed by atoms with Gasteiger partial charge in [-0.2, -0.15) is 18.3 Å². The molecular formula is C15H14F3N3O2. The fraction of sp³-hybridized carbons (Fsp3) is 0.267. The standard InChI is InChI=1S/C15H14F3N3O2/c1-9(10-4-3-5-11(8-10)15(16,17)18)19-14(23)12-6-7-13(22)21(2)20-12/h3-9H,1-2H3,(H,19,23)/t9-/m0/s1. The van der Waals surface area contributed by atoms with Crippen molar-refractivity contribution in [1.82, 2.24) is 15.1 Å². The first kappa shape index (κ1) is 16.7. The molecule has 1 aromatic carbocycles. The van der Waals surface area contributed by atoms with E-state index in [0.717, 1.165) is 16.8 Å². The highest BCUT2D eigenvalue weighted by atomic mass is 19.4. The van der Waals surface area contributed by atoms with Crippen LogP contribution >= 0.6 is 0 Å². The van der Waals surface area contributed by atoms with Crippen molar-refractivity contribution in [2.24, 2.45) is 7.05 Å². The molecule has 0 saturated carbocycles. The summed E-state index contributed by atoms with van der Waals surface area (Å²) in [6.07, 6.45) is -4.45. The number of benzene rings is 1. The van der Waals surface area contributed by atoms with Gasteiger partial charge in [-0.25, -0.2) is 4.68 Å². The van der Waals surface area contributed by atoms with E-state index in [1.54, 1.807) is 6.92 Å². The van der Waals surface area contributed by atoms with Gasteiger partial charge in [-0.05, 0) is 30.7 Å². The van der Waals surface area contributed by atoms with Crippen molar-refractivity contribution in [3.8, 4) is 0 Å². The van der Waals surface area contributed by atoms with Gasteiger partial charge in [-0.1, -0.05) is 12.1 Å². The number of rotatable bonds is 3. The first-order valence-corrected chi connectivity index (χ1v) is 6.71. The number of amides is 1. The average molecular weight is 325 g/mol. The van der Waals surface area contributed by atoms with Gasteiger partial charge in [0.15, 0.2) is 0 Å². The van der Waals surface area contributed by atoms with Gasteiger partial charge in [0.25, 0.3) is 11.5 Å². The molecule has 1 aromatic heterocycles. The predicted molar refractivity (Wildman–Crippen MR) is 76.8 cm³/mol. The Bertz CT molecular complexity index is 784. The van der Waals surface area contributed by atoms with Crippen molar-refractivity contribution in [2.45, 2.75) is 19.1 Å². The minimum absolute atomic E-state index is 0.00549. The molecule has 0 bridgehead atoms. The highest BCUT2D eigenvalue weighted by Gasteiger charge is 2.30. The monoisotopic (exact) mass is 325 g/mol. The predicted octanol–water partition coefficient (Wildman–Crippen LogP) is 2.29. The smallest absolute Gasteiger partial charge is 0.344 e. The second-order valence-corrected chi connectivity index (χ2v) is 5.00. The summed E-state index contributed by atoms with van der Waals surface area (Å²) in [5.74, 6) is -0.578. The number of carbonyl (C=O) groups is 1. The lowest BCUT2D eigenvalue weighted by atomic mass is 10.0. The fourth-order valence-electron chi connectivity index (χ4n) is 1.96. The Labute approximate surface area is 129 Å². The minimum Gasteiger partial charge on any atom is -0.344 e. The van der Waals surface area contributed by atoms with Gasteiger partial charge >= 0.3 is 6.18 Å². The minimum atomic E-state index is -4.45. The zero-order chi connectivity index (χ0) is 17.2. The molecule has 1 heterocycles. The SMILES string of the molecule is C[C@H](NC(=O)c1ccc(=O)n(C)n1)c1cccc(C(F)(F)F)c1. The summed E-state index contributed by atoms with van der Waals surface area (Å²) in [5, 5.41) is 6.34. The number of carbonyl (C=O) groups excluding carboxylic acids is 1. The van der Waals surface area contributed by atoms with Gasteiger partial charge in [0.2, 0.25) is 0 Å². The Morgan fingerprint density at radius 3 is 2.57 bits per heavy atom. The number of aryl methyl sites for hydroxylation is 1. The average Bonchev–Trinajstić information content (AvgIpc) is 2.49. The Kier molecular flexibility index (Phi) is 4.53. The molecule has 8 heteroatoms. The zero-order valence-electron chi connectivity index (χ0n) is 12.4. The van der Waals surface area contributed by atoms with Crippen molar-refractivity contribution in [2.75, 3.05) is 0 Å². The van der Waals surface area contributed by atoms with Crippen molar-refractivity contribution >= 4 is 5.91 Å². The molecule has 23 heavy (non-hydrogen) atoms. The Hall–Kier alpha value is -2.64. The number of halogens is 3. The topological polar surface area (TPSA) is 64.0 Å². The number of nitrogens with one attached hydrogen (secondary N) is 1. The summed E-state index contributed by atoms with van der Waals surface area (Å²) >= 11 is 0. The summed E-state index contributed by atoms with van der Waals surface area (Å²) in [5.41, 5.74) is -0.826. The number of alkyl halides is 3.